The topological polar surface area (TPSA) is 124 Å². The Labute approximate surface area is 163 Å². The molecule has 28 heavy (non-hydrogen) atoms. The van der Waals surface area contributed by atoms with E-state index in [-0.39, 0.29) is 12.4 Å². The number of esters is 1. The predicted octanol–water partition coefficient (Wildman–Crippen LogP) is 0.921. The van der Waals surface area contributed by atoms with Gasteiger partial charge in [-0.05, 0) is 32.9 Å². The van der Waals surface area contributed by atoms with Crippen LogP contribution in [0.1, 0.15) is 31.1 Å². The van der Waals surface area contributed by atoms with Crippen LogP contribution >= 0.6 is 0 Å². The summed E-state index contributed by atoms with van der Waals surface area (Å²) in [5.41, 5.74) is -1.48. The van der Waals surface area contributed by atoms with Crippen molar-refractivity contribution in [3.05, 3.63) is 35.9 Å². The van der Waals surface area contributed by atoms with Crippen molar-refractivity contribution in [3.8, 4) is 6.07 Å². The monoisotopic (exact) mass is 410 g/mol. The van der Waals surface area contributed by atoms with Gasteiger partial charge in [0.15, 0.2) is 17.6 Å². The fourth-order valence-electron chi connectivity index (χ4n) is 3.18. The first kappa shape index (κ1) is 20.7. The van der Waals surface area contributed by atoms with E-state index in [9.17, 15) is 18.5 Å². The van der Waals surface area contributed by atoms with Gasteiger partial charge >= 0.3 is 5.97 Å². The molecule has 0 saturated carbocycles. The number of rotatable bonds is 6. The van der Waals surface area contributed by atoms with Crippen LogP contribution < -0.4 is 4.72 Å². The number of nitrogens with zero attached hydrogens (tertiary/aromatic N) is 1. The number of benzene rings is 1. The molecule has 0 spiro atoms. The fourth-order valence-corrected chi connectivity index (χ4v) is 4.13. The van der Waals surface area contributed by atoms with Crippen LogP contribution in [0.25, 0.3) is 0 Å². The zero-order chi connectivity index (χ0) is 20.6. The van der Waals surface area contributed by atoms with Gasteiger partial charge in [-0.3, -0.25) is 0 Å². The summed E-state index contributed by atoms with van der Waals surface area (Å²) < 4.78 is 49.3. The van der Waals surface area contributed by atoms with E-state index in [0.717, 1.165) is 0 Å². The average Bonchev–Trinajstić information content (AvgIpc) is 3.11. The summed E-state index contributed by atoms with van der Waals surface area (Å²) in [4.78, 5) is 12.2. The van der Waals surface area contributed by atoms with Crippen LogP contribution in [0, 0.1) is 11.3 Å². The molecule has 2 saturated heterocycles. The first-order chi connectivity index (χ1) is 13.1. The minimum absolute atomic E-state index is 0.241. The molecule has 2 aliphatic heterocycles. The number of fused-ring (bicyclic) bond motifs is 1. The van der Waals surface area contributed by atoms with Crippen LogP contribution in [0.4, 0.5) is 0 Å². The van der Waals surface area contributed by atoms with Crippen LogP contribution in [0.5, 0.6) is 0 Å². The van der Waals surface area contributed by atoms with Crippen molar-refractivity contribution in [1.82, 2.24) is 4.72 Å². The number of sulfonamides is 1. The van der Waals surface area contributed by atoms with Crippen LogP contribution in [-0.2, 0) is 29.0 Å². The first-order valence-corrected chi connectivity index (χ1v) is 10.4. The summed E-state index contributed by atoms with van der Waals surface area (Å²) in [5, 5.41) is 9.91. The maximum absolute atomic E-state index is 12.3. The number of nitrogens with one attached hydrogen (secondary N) is 1. The van der Waals surface area contributed by atoms with Gasteiger partial charge in [0.1, 0.15) is 18.8 Å². The van der Waals surface area contributed by atoms with E-state index in [0.29, 0.717) is 5.56 Å². The Balaban J connectivity index is 1.85. The van der Waals surface area contributed by atoms with E-state index in [1.807, 2.05) is 6.07 Å². The Bertz CT molecular complexity index is 881. The molecule has 0 bridgehead atoms. The second-order valence-electron chi connectivity index (χ2n) is 7.00. The second-order valence-corrected chi connectivity index (χ2v) is 9.01. The summed E-state index contributed by atoms with van der Waals surface area (Å²) in [7, 11) is -3.80. The van der Waals surface area contributed by atoms with Crippen molar-refractivity contribution < 1.29 is 32.2 Å². The van der Waals surface area contributed by atoms with Crippen molar-refractivity contribution in [3.63, 3.8) is 0 Å². The zero-order valence-corrected chi connectivity index (χ0v) is 16.6. The molecule has 0 aliphatic carbocycles. The smallest absolute Gasteiger partial charge is 0.338 e. The molecule has 4 atom stereocenters. The molecule has 152 valence electrons. The summed E-state index contributed by atoms with van der Waals surface area (Å²) >= 11 is 0. The molecule has 0 radical (unpaired) electrons. The van der Waals surface area contributed by atoms with Crippen LogP contribution in [-0.4, -0.2) is 56.6 Å². The lowest BCUT2D eigenvalue weighted by atomic mass is 9.91. The maximum atomic E-state index is 12.3. The number of hydrogen-bond acceptors (Lipinski definition) is 8. The van der Waals surface area contributed by atoms with Gasteiger partial charge in [0, 0.05) is 0 Å². The lowest BCUT2D eigenvalue weighted by Crippen LogP contribution is -2.61. The molecule has 0 amide bonds. The minimum Gasteiger partial charge on any atom is -0.459 e. The van der Waals surface area contributed by atoms with Crippen LogP contribution in [0.3, 0.4) is 0 Å². The maximum Gasteiger partial charge on any atom is 0.338 e. The number of hydrogen-bond donors (Lipinski definition) is 1. The Morgan fingerprint density at radius 2 is 1.96 bits per heavy atom. The third-order valence-corrected chi connectivity index (χ3v) is 5.99. The number of carbonyl (C=O) groups excluding carboxylic acids is 1. The van der Waals surface area contributed by atoms with Gasteiger partial charge in [-0.2, -0.15) is 9.98 Å². The largest absolute Gasteiger partial charge is 0.459 e. The molecule has 2 fully saturated rings. The van der Waals surface area contributed by atoms with Gasteiger partial charge in [0.05, 0.1) is 17.4 Å². The highest BCUT2D eigenvalue weighted by Gasteiger charge is 2.66. The molecule has 0 unspecified atom stereocenters. The SMILES string of the molecule is CCS(=O)(=O)N[C@]1(C#N)[C@@H](COC(=O)c2ccccc2)O[C@@H]2OC(C)(C)O[C@@H]21. The first-order valence-electron chi connectivity index (χ1n) is 8.78. The highest BCUT2D eigenvalue weighted by Crippen LogP contribution is 2.43. The Morgan fingerprint density at radius 1 is 1.29 bits per heavy atom. The zero-order valence-electron chi connectivity index (χ0n) is 15.7. The molecule has 2 aliphatic rings. The highest BCUT2D eigenvalue weighted by molar-refractivity contribution is 7.89. The molecule has 1 aromatic carbocycles. The Kier molecular flexibility index (Phi) is 5.49. The van der Waals surface area contributed by atoms with E-state index >= 15 is 0 Å². The normalized spacial score (nSPS) is 31.1. The van der Waals surface area contributed by atoms with E-state index in [1.54, 1.807) is 44.2 Å². The van der Waals surface area contributed by atoms with Crippen molar-refractivity contribution in [2.24, 2.45) is 0 Å². The van der Waals surface area contributed by atoms with Crippen LogP contribution in [0.2, 0.25) is 0 Å². The molecule has 1 N–H and O–H groups in total. The fraction of sp³-hybridized carbons (Fsp3) is 0.556. The van der Waals surface area contributed by atoms with Crippen LogP contribution in [0.15, 0.2) is 30.3 Å². The molecule has 9 nitrogen and oxygen atoms in total. The minimum atomic E-state index is -3.80. The van der Waals surface area contributed by atoms with Gasteiger partial charge in [0.25, 0.3) is 0 Å². The number of ether oxygens (including phenoxy) is 4. The quantitative estimate of drug-likeness (QED) is 0.687. The summed E-state index contributed by atoms with van der Waals surface area (Å²) in [6.45, 7) is 4.36. The third kappa shape index (κ3) is 3.90. The van der Waals surface area contributed by atoms with Gasteiger partial charge in [-0.1, -0.05) is 18.2 Å². The Hall–Kier alpha value is -2.03. The molecule has 1 aromatic rings. The van der Waals surface area contributed by atoms with Gasteiger partial charge < -0.3 is 18.9 Å². The second kappa shape index (κ2) is 7.42. The molecular formula is C18H22N2O7S. The van der Waals surface area contributed by atoms with E-state index in [4.69, 9.17) is 18.9 Å². The lowest BCUT2D eigenvalue weighted by molar-refractivity contribution is -0.213. The lowest BCUT2D eigenvalue weighted by Gasteiger charge is -2.32. The molecular weight excluding hydrogens is 388 g/mol. The Morgan fingerprint density at radius 3 is 2.57 bits per heavy atom. The summed E-state index contributed by atoms with van der Waals surface area (Å²) in [6, 6.07) is 10.3. The third-order valence-electron chi connectivity index (χ3n) is 4.58. The standard InChI is InChI=1S/C18H22N2O7S/c1-4-28(22,23)20-18(11-19)13(25-16-14(18)26-17(2,3)27-16)10-24-15(21)12-8-6-5-7-9-12/h5-9,13-14,16,20H,4,10H2,1-3H3/t13-,14+,16-,18-/m1/s1. The predicted molar refractivity (Wildman–Crippen MR) is 96.4 cm³/mol. The molecule has 0 aromatic heterocycles. The molecule has 3 rings (SSSR count). The van der Waals surface area contributed by atoms with Gasteiger partial charge in [-0.25, -0.2) is 13.2 Å². The average molecular weight is 410 g/mol. The van der Waals surface area contributed by atoms with E-state index < -0.39 is 45.8 Å². The van der Waals surface area contributed by atoms with E-state index in [2.05, 4.69) is 4.72 Å². The van der Waals surface area contributed by atoms with Gasteiger partial charge in [0.2, 0.25) is 10.0 Å². The molecule has 10 heteroatoms. The van der Waals surface area contributed by atoms with E-state index in [1.165, 1.54) is 6.92 Å². The highest BCUT2D eigenvalue weighted by atomic mass is 32.2. The van der Waals surface area contributed by atoms with Crippen molar-refractivity contribution in [1.29, 1.82) is 5.26 Å². The number of nitriles is 1. The molecule has 2 heterocycles. The summed E-state index contributed by atoms with van der Waals surface area (Å²) in [5.74, 6) is -1.91. The number of carbonyl (C=O) groups is 1. The van der Waals surface area contributed by atoms with Crippen molar-refractivity contribution in [2.75, 3.05) is 12.4 Å². The van der Waals surface area contributed by atoms with Gasteiger partial charge in [-0.15, -0.1) is 0 Å². The van der Waals surface area contributed by atoms with Crippen molar-refractivity contribution in [2.45, 2.75) is 50.6 Å². The van der Waals surface area contributed by atoms with Crippen molar-refractivity contribution >= 4 is 16.0 Å². The summed E-state index contributed by atoms with van der Waals surface area (Å²) in [6.07, 6.45) is -3.11.